The number of phosphoric acid groups is 1. The molecule has 0 aliphatic carbocycles. The second kappa shape index (κ2) is 45.2. The van der Waals surface area contributed by atoms with Crippen LogP contribution in [0, 0.1) is 0 Å². The fourth-order valence-electron chi connectivity index (χ4n) is 6.41. The Kier molecular flexibility index (Phi) is 43.5. The highest BCUT2D eigenvalue weighted by atomic mass is 31.2. The largest absolute Gasteiger partial charge is 0.472 e. The number of phosphoric ester groups is 1. The summed E-state index contributed by atoms with van der Waals surface area (Å²) >= 11 is 0. The molecule has 0 aromatic rings. The highest BCUT2D eigenvalue weighted by Gasteiger charge is 2.23. The lowest BCUT2D eigenvalue weighted by Crippen LogP contribution is -2.27. The van der Waals surface area contributed by atoms with E-state index in [0.717, 1.165) is 89.9 Å². The van der Waals surface area contributed by atoms with Crippen LogP contribution in [0.5, 0.6) is 0 Å². The molecule has 2 unspecified atom stereocenters. The lowest BCUT2D eigenvalue weighted by atomic mass is 10.0. The van der Waals surface area contributed by atoms with Crippen LogP contribution in [-0.2, 0) is 27.9 Å². The van der Waals surface area contributed by atoms with Crippen LogP contribution < -0.4 is 5.32 Å². The average molecular weight is 850 g/mol. The minimum absolute atomic E-state index is 0.0690. The smallest absolute Gasteiger partial charge is 0.463 e. The van der Waals surface area contributed by atoms with E-state index in [4.69, 9.17) is 13.8 Å². The first-order valence-corrected chi connectivity index (χ1v) is 25.3. The summed E-state index contributed by atoms with van der Waals surface area (Å²) < 4.78 is 26.9. The molecule has 0 aromatic carbocycles. The van der Waals surface area contributed by atoms with Gasteiger partial charge in [-0.25, -0.2) is 4.57 Å². The highest BCUT2D eigenvalue weighted by molar-refractivity contribution is 7.47. The second-order valence-corrected chi connectivity index (χ2v) is 17.2. The Hall–Kier alpha value is -2.29. The molecule has 0 bridgehead atoms. The Morgan fingerprint density at radius 2 is 0.966 bits per heavy atom. The molecule has 0 aliphatic heterocycles. The van der Waals surface area contributed by atoms with E-state index in [1.807, 2.05) is 0 Å². The normalized spacial score (nSPS) is 13.8. The molecule has 10 heteroatoms. The number of nitrogens with one attached hydrogen (secondary N) is 1. The van der Waals surface area contributed by atoms with Gasteiger partial charge >= 0.3 is 13.8 Å². The SMILES string of the molecule is CC/C=C\C/C=C\C/C=C\C/C=C\C/C=C\CCCCCCCC(=O)NCCOP(=O)(O)OCC(O)COC(=O)CCCCCCCCCCCCCCCCCCC. The lowest BCUT2D eigenvalue weighted by molar-refractivity contribution is -0.147. The van der Waals surface area contributed by atoms with E-state index in [0.29, 0.717) is 6.42 Å². The van der Waals surface area contributed by atoms with Crippen molar-refractivity contribution in [3.63, 3.8) is 0 Å². The molecule has 1 amide bonds. The number of unbranched alkanes of at least 4 members (excludes halogenated alkanes) is 21. The first-order chi connectivity index (χ1) is 28.8. The van der Waals surface area contributed by atoms with Gasteiger partial charge in [-0.05, 0) is 57.8 Å². The zero-order chi connectivity index (χ0) is 43.2. The Labute approximate surface area is 361 Å². The van der Waals surface area contributed by atoms with Crippen LogP contribution in [0.2, 0.25) is 0 Å². The minimum atomic E-state index is -4.43. The molecule has 0 radical (unpaired) electrons. The number of allylic oxidation sites excluding steroid dienone is 10. The number of rotatable bonds is 44. The summed E-state index contributed by atoms with van der Waals surface area (Å²) in [6.45, 7) is 3.43. The Morgan fingerprint density at radius 3 is 1.46 bits per heavy atom. The fraction of sp³-hybridized carbons (Fsp3) is 0.755. The molecule has 0 saturated heterocycles. The number of hydrogen-bond donors (Lipinski definition) is 3. The maximum atomic E-state index is 12.1. The monoisotopic (exact) mass is 850 g/mol. The van der Waals surface area contributed by atoms with Gasteiger partial charge in [-0.2, -0.15) is 0 Å². The number of carbonyl (C=O) groups is 2. The third kappa shape index (κ3) is 46.6. The molecule has 0 aliphatic rings. The third-order valence-electron chi connectivity index (χ3n) is 9.96. The van der Waals surface area contributed by atoms with E-state index in [9.17, 15) is 24.2 Å². The van der Waals surface area contributed by atoms with Crippen LogP contribution in [0.1, 0.15) is 206 Å². The van der Waals surface area contributed by atoms with Crippen molar-refractivity contribution in [2.75, 3.05) is 26.4 Å². The first-order valence-electron chi connectivity index (χ1n) is 23.8. The van der Waals surface area contributed by atoms with Crippen molar-refractivity contribution < 1.29 is 37.9 Å². The molecule has 0 fully saturated rings. The van der Waals surface area contributed by atoms with Crippen LogP contribution in [0.15, 0.2) is 60.8 Å². The van der Waals surface area contributed by atoms with Crippen molar-refractivity contribution >= 4 is 19.7 Å². The summed E-state index contributed by atoms with van der Waals surface area (Å²) in [7, 11) is -4.43. The average Bonchev–Trinajstić information content (AvgIpc) is 3.22. The van der Waals surface area contributed by atoms with Gasteiger partial charge in [0.2, 0.25) is 5.91 Å². The molecule has 0 aromatic heterocycles. The summed E-state index contributed by atoms with van der Waals surface area (Å²) in [6, 6.07) is 0. The molecule has 0 spiro atoms. The van der Waals surface area contributed by atoms with Gasteiger partial charge in [0.15, 0.2) is 0 Å². The van der Waals surface area contributed by atoms with Gasteiger partial charge in [0.25, 0.3) is 0 Å². The van der Waals surface area contributed by atoms with E-state index < -0.39 is 26.5 Å². The molecule has 0 heterocycles. The maximum Gasteiger partial charge on any atom is 0.472 e. The lowest BCUT2D eigenvalue weighted by Gasteiger charge is -2.15. The molecular formula is C49H88NO8P. The quantitative estimate of drug-likeness (QED) is 0.0239. The van der Waals surface area contributed by atoms with Crippen LogP contribution >= 0.6 is 7.82 Å². The van der Waals surface area contributed by atoms with Gasteiger partial charge in [-0.3, -0.25) is 18.6 Å². The van der Waals surface area contributed by atoms with Gasteiger partial charge in [-0.15, -0.1) is 0 Å². The minimum Gasteiger partial charge on any atom is -0.463 e. The van der Waals surface area contributed by atoms with E-state index >= 15 is 0 Å². The number of carbonyl (C=O) groups excluding carboxylic acids is 2. The molecule has 342 valence electrons. The molecule has 9 nitrogen and oxygen atoms in total. The second-order valence-electron chi connectivity index (χ2n) is 15.7. The molecule has 0 rings (SSSR count). The van der Waals surface area contributed by atoms with Crippen molar-refractivity contribution in [2.24, 2.45) is 0 Å². The number of aliphatic hydroxyl groups excluding tert-OH is 1. The van der Waals surface area contributed by atoms with E-state index in [1.54, 1.807) is 0 Å². The fourth-order valence-corrected chi connectivity index (χ4v) is 7.16. The van der Waals surface area contributed by atoms with Gasteiger partial charge in [0, 0.05) is 19.4 Å². The molecule has 3 N–H and O–H groups in total. The van der Waals surface area contributed by atoms with Crippen molar-refractivity contribution in [1.82, 2.24) is 5.32 Å². The summed E-state index contributed by atoms with van der Waals surface area (Å²) in [5, 5.41) is 12.7. The molecule has 59 heavy (non-hydrogen) atoms. The summed E-state index contributed by atoms with van der Waals surface area (Å²) in [6.07, 6.45) is 54.4. The van der Waals surface area contributed by atoms with E-state index in [2.05, 4.69) is 79.9 Å². The maximum absolute atomic E-state index is 12.1. The molecule has 2 atom stereocenters. The zero-order valence-electron chi connectivity index (χ0n) is 37.7. The number of esters is 1. The van der Waals surface area contributed by atoms with Gasteiger partial charge in [0.1, 0.15) is 12.7 Å². The predicted octanol–water partition coefficient (Wildman–Crippen LogP) is 13.7. The number of amides is 1. The van der Waals surface area contributed by atoms with Crippen LogP contribution in [0.3, 0.4) is 0 Å². The Bertz CT molecular complexity index is 1150. The van der Waals surface area contributed by atoms with Crippen molar-refractivity contribution in [3.8, 4) is 0 Å². The van der Waals surface area contributed by atoms with E-state index in [1.165, 1.54) is 89.9 Å². The van der Waals surface area contributed by atoms with Crippen molar-refractivity contribution in [1.29, 1.82) is 0 Å². The van der Waals surface area contributed by atoms with Gasteiger partial charge in [-0.1, -0.05) is 197 Å². The van der Waals surface area contributed by atoms with Crippen LogP contribution in [0.4, 0.5) is 0 Å². The van der Waals surface area contributed by atoms with Crippen molar-refractivity contribution in [2.45, 2.75) is 213 Å². The third-order valence-corrected chi connectivity index (χ3v) is 10.9. The number of ether oxygens (including phenoxy) is 1. The summed E-state index contributed by atoms with van der Waals surface area (Å²) in [5.74, 6) is -0.533. The predicted molar refractivity (Wildman–Crippen MR) is 247 cm³/mol. The first kappa shape index (κ1) is 56.7. The number of hydrogen-bond acceptors (Lipinski definition) is 7. The summed E-state index contributed by atoms with van der Waals surface area (Å²) in [5.41, 5.74) is 0. The van der Waals surface area contributed by atoms with Gasteiger partial charge in [0.05, 0.1) is 13.2 Å². The standard InChI is InChI=1S/C49H88NO8P/c1-3-5-7-9-11-13-15-17-19-21-22-23-24-26-27-29-31-33-35-37-39-41-48(52)50-43-44-57-59(54,55)58-46-47(51)45-56-49(53)42-40-38-36-34-32-30-28-25-20-18-16-14-12-10-8-6-4-2/h5,7,11,13,17,19,22-23,26-27,47,51H,3-4,6,8-10,12,14-16,18,20-21,24-25,28-46H2,1-2H3,(H,50,52)(H,54,55)/b7-5-,13-11-,19-17-,23-22-,27-26-. The molecular weight excluding hydrogens is 762 g/mol. The van der Waals surface area contributed by atoms with Crippen LogP contribution in [-0.4, -0.2) is 54.3 Å². The van der Waals surface area contributed by atoms with Crippen molar-refractivity contribution in [3.05, 3.63) is 60.8 Å². The topological polar surface area (TPSA) is 131 Å². The Morgan fingerprint density at radius 1 is 0.542 bits per heavy atom. The summed E-state index contributed by atoms with van der Waals surface area (Å²) in [4.78, 5) is 34.0. The van der Waals surface area contributed by atoms with Gasteiger partial charge < -0.3 is 20.1 Å². The Balaban J connectivity index is 3.62. The highest BCUT2D eigenvalue weighted by Crippen LogP contribution is 2.42. The zero-order valence-corrected chi connectivity index (χ0v) is 38.6. The van der Waals surface area contributed by atoms with E-state index in [-0.39, 0.29) is 32.1 Å². The number of aliphatic hydroxyl groups is 1. The van der Waals surface area contributed by atoms with Crippen LogP contribution in [0.25, 0.3) is 0 Å². The molecule has 0 saturated carbocycles.